The number of carbonyl (C=O) groups is 1. The van der Waals surface area contributed by atoms with Crippen molar-refractivity contribution in [3.05, 3.63) is 0 Å². The maximum absolute atomic E-state index is 11.5. The van der Waals surface area contributed by atoms with Gasteiger partial charge in [-0.3, -0.25) is 4.79 Å². The Morgan fingerprint density at radius 1 is 0.750 bits per heavy atom. The number of unbranched alkanes of at least 4 members (excludes halogenated alkanes) is 4. The van der Waals surface area contributed by atoms with Crippen LogP contribution in [0.4, 0.5) is 0 Å². The number of Topliss-reactive ketones (excluding diaryl/α,β-unsaturated/α-hetero) is 1. The van der Waals surface area contributed by atoms with Crippen LogP contribution in [0.1, 0.15) is 65.2 Å². The number of hydrogen-bond donors (Lipinski definition) is 0. The summed E-state index contributed by atoms with van der Waals surface area (Å²) < 4.78 is 0. The molecule has 1 aliphatic heterocycles. The van der Waals surface area contributed by atoms with Crippen LogP contribution >= 0.6 is 0 Å². The number of rotatable bonds is 11. The van der Waals surface area contributed by atoms with Gasteiger partial charge in [0.15, 0.2) is 0 Å². The quantitative estimate of drug-likeness (QED) is 0.543. The van der Waals surface area contributed by atoms with E-state index in [1.54, 1.807) is 0 Å². The molecule has 1 heterocycles. The van der Waals surface area contributed by atoms with E-state index < -0.39 is 0 Å². The smallest absolute Gasteiger partial charge is 0.134 e. The zero-order valence-corrected chi connectivity index (χ0v) is 13.7. The summed E-state index contributed by atoms with van der Waals surface area (Å²) in [6.07, 6.45) is 9.37. The zero-order chi connectivity index (χ0) is 14.6. The Balaban J connectivity index is 2.00. The van der Waals surface area contributed by atoms with Gasteiger partial charge < -0.3 is 9.80 Å². The van der Waals surface area contributed by atoms with Gasteiger partial charge in [0, 0.05) is 45.6 Å². The van der Waals surface area contributed by atoms with Gasteiger partial charge in [-0.25, -0.2) is 0 Å². The lowest BCUT2D eigenvalue weighted by Gasteiger charge is -2.34. The lowest BCUT2D eigenvalue weighted by Crippen LogP contribution is -2.47. The summed E-state index contributed by atoms with van der Waals surface area (Å²) in [5.74, 6) is 0.436. The van der Waals surface area contributed by atoms with Crippen LogP contribution in [0.3, 0.4) is 0 Å². The molecular formula is C17H34N2O. The fourth-order valence-electron chi connectivity index (χ4n) is 2.86. The molecule has 1 aliphatic rings. The second-order valence-electron chi connectivity index (χ2n) is 6.14. The highest BCUT2D eigenvalue weighted by atomic mass is 16.1. The molecule has 0 N–H and O–H groups in total. The maximum atomic E-state index is 11.5. The van der Waals surface area contributed by atoms with E-state index in [1.807, 2.05) is 0 Å². The second kappa shape index (κ2) is 11.3. The number of ketones is 1. The maximum Gasteiger partial charge on any atom is 0.134 e. The third-order valence-corrected chi connectivity index (χ3v) is 4.28. The summed E-state index contributed by atoms with van der Waals surface area (Å²) in [5, 5.41) is 0. The van der Waals surface area contributed by atoms with Crippen molar-refractivity contribution in [3.8, 4) is 0 Å². The molecule has 0 aromatic rings. The highest BCUT2D eigenvalue weighted by Gasteiger charge is 2.16. The molecule has 0 unspecified atom stereocenters. The molecule has 0 saturated carbocycles. The fourth-order valence-corrected chi connectivity index (χ4v) is 2.86. The van der Waals surface area contributed by atoms with Crippen molar-refractivity contribution in [1.82, 2.24) is 9.80 Å². The summed E-state index contributed by atoms with van der Waals surface area (Å²) in [6, 6.07) is 0. The van der Waals surface area contributed by atoms with Crippen LogP contribution in [0.5, 0.6) is 0 Å². The molecule has 3 nitrogen and oxygen atoms in total. The first-order chi connectivity index (χ1) is 9.76. The molecule has 0 aromatic carbocycles. The molecule has 1 saturated heterocycles. The predicted octanol–water partition coefficient (Wildman–Crippen LogP) is 3.33. The van der Waals surface area contributed by atoms with Crippen molar-refractivity contribution in [3.63, 3.8) is 0 Å². The van der Waals surface area contributed by atoms with Crippen molar-refractivity contribution in [2.75, 3.05) is 39.3 Å². The molecule has 0 aromatic heterocycles. The first-order valence-corrected chi connectivity index (χ1v) is 8.72. The molecule has 118 valence electrons. The van der Waals surface area contributed by atoms with Gasteiger partial charge in [0.25, 0.3) is 0 Å². The van der Waals surface area contributed by atoms with Gasteiger partial charge in [0.2, 0.25) is 0 Å². The van der Waals surface area contributed by atoms with Crippen molar-refractivity contribution >= 4 is 5.78 Å². The van der Waals surface area contributed by atoms with E-state index in [0.717, 1.165) is 38.9 Å². The fraction of sp³-hybridized carbons (Fsp3) is 0.941. The molecule has 0 spiro atoms. The van der Waals surface area contributed by atoms with Crippen LogP contribution in [0, 0.1) is 0 Å². The third kappa shape index (κ3) is 8.01. The summed E-state index contributed by atoms with van der Waals surface area (Å²) in [4.78, 5) is 16.6. The molecule has 1 rings (SSSR count). The van der Waals surface area contributed by atoms with Gasteiger partial charge in [-0.15, -0.1) is 0 Å². The molecule has 1 fully saturated rings. The molecule has 0 bridgehead atoms. The Bertz CT molecular complexity index is 247. The van der Waals surface area contributed by atoms with Crippen molar-refractivity contribution in [2.24, 2.45) is 0 Å². The monoisotopic (exact) mass is 282 g/mol. The van der Waals surface area contributed by atoms with E-state index in [4.69, 9.17) is 0 Å². The SMILES string of the molecule is CCCCCCCN1CCN(CCC(=O)CCC)CC1. The molecule has 0 aliphatic carbocycles. The van der Waals surface area contributed by atoms with Gasteiger partial charge >= 0.3 is 0 Å². The molecule has 0 atom stereocenters. The van der Waals surface area contributed by atoms with Crippen LogP contribution in [0.2, 0.25) is 0 Å². The van der Waals surface area contributed by atoms with Crippen LogP contribution in [-0.2, 0) is 4.79 Å². The second-order valence-corrected chi connectivity index (χ2v) is 6.14. The van der Waals surface area contributed by atoms with E-state index in [-0.39, 0.29) is 0 Å². The van der Waals surface area contributed by atoms with E-state index in [1.165, 1.54) is 51.7 Å². The minimum absolute atomic E-state index is 0.436. The minimum Gasteiger partial charge on any atom is -0.301 e. The molecule has 3 heteroatoms. The molecule has 0 radical (unpaired) electrons. The van der Waals surface area contributed by atoms with Gasteiger partial charge in [-0.05, 0) is 19.4 Å². The van der Waals surface area contributed by atoms with E-state index in [2.05, 4.69) is 23.6 Å². The van der Waals surface area contributed by atoms with Crippen LogP contribution in [-0.4, -0.2) is 54.9 Å². The lowest BCUT2D eigenvalue weighted by atomic mass is 10.1. The van der Waals surface area contributed by atoms with Gasteiger partial charge in [-0.2, -0.15) is 0 Å². The minimum atomic E-state index is 0.436. The van der Waals surface area contributed by atoms with E-state index in [0.29, 0.717) is 5.78 Å². The highest BCUT2D eigenvalue weighted by molar-refractivity contribution is 5.78. The first-order valence-electron chi connectivity index (χ1n) is 8.72. The third-order valence-electron chi connectivity index (χ3n) is 4.28. The zero-order valence-electron chi connectivity index (χ0n) is 13.7. The lowest BCUT2D eigenvalue weighted by molar-refractivity contribution is -0.119. The Kier molecular flexibility index (Phi) is 9.94. The highest BCUT2D eigenvalue weighted by Crippen LogP contribution is 2.07. The number of hydrogen-bond acceptors (Lipinski definition) is 3. The molecule has 0 amide bonds. The average molecular weight is 282 g/mol. The normalized spacial score (nSPS) is 17.5. The summed E-state index contributed by atoms with van der Waals surface area (Å²) in [7, 11) is 0. The topological polar surface area (TPSA) is 23.6 Å². The number of carbonyl (C=O) groups excluding carboxylic acids is 1. The Morgan fingerprint density at radius 3 is 1.95 bits per heavy atom. The van der Waals surface area contributed by atoms with Crippen LogP contribution in [0.25, 0.3) is 0 Å². The number of nitrogens with zero attached hydrogens (tertiary/aromatic N) is 2. The summed E-state index contributed by atoms with van der Waals surface area (Å²) in [6.45, 7) is 11.3. The van der Waals surface area contributed by atoms with Crippen molar-refractivity contribution in [1.29, 1.82) is 0 Å². The Labute approximate surface area is 125 Å². The van der Waals surface area contributed by atoms with Gasteiger partial charge in [-0.1, -0.05) is 39.5 Å². The van der Waals surface area contributed by atoms with E-state index >= 15 is 0 Å². The summed E-state index contributed by atoms with van der Waals surface area (Å²) >= 11 is 0. The average Bonchev–Trinajstić information content (AvgIpc) is 2.46. The Morgan fingerprint density at radius 2 is 1.35 bits per heavy atom. The van der Waals surface area contributed by atoms with Crippen molar-refractivity contribution < 1.29 is 4.79 Å². The molecular weight excluding hydrogens is 248 g/mol. The first kappa shape index (κ1) is 17.6. The van der Waals surface area contributed by atoms with Gasteiger partial charge in [0.1, 0.15) is 5.78 Å². The van der Waals surface area contributed by atoms with Crippen molar-refractivity contribution in [2.45, 2.75) is 65.2 Å². The van der Waals surface area contributed by atoms with E-state index in [9.17, 15) is 4.79 Å². The predicted molar refractivity (Wildman–Crippen MR) is 86.2 cm³/mol. The number of piperazine rings is 1. The largest absolute Gasteiger partial charge is 0.301 e. The standard InChI is InChI=1S/C17H34N2O/c1-3-5-6-7-8-11-18-13-15-19(16-14-18)12-10-17(20)9-4-2/h3-16H2,1-2H3. The Hall–Kier alpha value is -0.410. The summed E-state index contributed by atoms with van der Waals surface area (Å²) in [5.41, 5.74) is 0. The van der Waals surface area contributed by atoms with Gasteiger partial charge in [0.05, 0.1) is 0 Å². The van der Waals surface area contributed by atoms with Crippen LogP contribution in [0.15, 0.2) is 0 Å². The molecule has 20 heavy (non-hydrogen) atoms. The van der Waals surface area contributed by atoms with Crippen LogP contribution < -0.4 is 0 Å².